The number of hydrogen-bond donors (Lipinski definition) is 0. The van der Waals surface area contributed by atoms with Crippen molar-refractivity contribution in [3.63, 3.8) is 0 Å². The van der Waals surface area contributed by atoms with E-state index in [0.717, 1.165) is 11.1 Å². The molecule has 0 N–H and O–H groups in total. The Morgan fingerprint density at radius 1 is 0.912 bits per heavy atom. The highest BCUT2D eigenvalue weighted by Crippen LogP contribution is 2.44. The number of carbonyl (C=O) groups is 1. The van der Waals surface area contributed by atoms with Crippen molar-refractivity contribution in [1.82, 2.24) is 0 Å². The average Bonchev–Trinajstić information content (AvgIpc) is 3.27. The monoisotopic (exact) mass is 459 g/mol. The van der Waals surface area contributed by atoms with Crippen LogP contribution in [0.3, 0.4) is 0 Å². The molecule has 0 unspecified atom stereocenters. The first kappa shape index (κ1) is 23.0. The molecule has 0 amide bonds. The number of carbonyl (C=O) groups excluding carboxylic acids is 1. The molecular formula is C27H25NO6. The van der Waals surface area contributed by atoms with Crippen LogP contribution < -0.4 is 4.74 Å². The molecule has 34 heavy (non-hydrogen) atoms. The molecule has 0 saturated heterocycles. The first-order chi connectivity index (χ1) is 16.6. The van der Waals surface area contributed by atoms with E-state index < -0.39 is 23.0 Å². The number of ether oxygens (including phenoxy) is 3. The van der Waals surface area contributed by atoms with Crippen molar-refractivity contribution >= 4 is 5.97 Å². The van der Waals surface area contributed by atoms with E-state index in [-0.39, 0.29) is 12.4 Å². The molecular weight excluding hydrogens is 434 g/mol. The van der Waals surface area contributed by atoms with Gasteiger partial charge >= 0.3 is 12.2 Å². The second-order valence-corrected chi connectivity index (χ2v) is 7.85. The zero-order valence-corrected chi connectivity index (χ0v) is 18.8. The third-order valence-corrected chi connectivity index (χ3v) is 5.67. The van der Waals surface area contributed by atoms with Crippen LogP contribution in [-0.4, -0.2) is 17.1 Å². The number of benzene rings is 3. The van der Waals surface area contributed by atoms with E-state index >= 15 is 0 Å². The van der Waals surface area contributed by atoms with Gasteiger partial charge in [-0.3, -0.25) is 10.1 Å². The highest BCUT2D eigenvalue weighted by atomic mass is 16.7. The molecule has 0 radical (unpaired) electrons. The maximum absolute atomic E-state index is 12.9. The Labute approximate surface area is 197 Å². The van der Waals surface area contributed by atoms with Crippen molar-refractivity contribution in [1.29, 1.82) is 0 Å². The summed E-state index contributed by atoms with van der Waals surface area (Å²) in [5.41, 5.74) is 2.91. The minimum Gasteiger partial charge on any atom is -0.489 e. The Hall–Kier alpha value is -4.13. The maximum atomic E-state index is 12.9. The molecule has 174 valence electrons. The number of hydrogen-bond acceptors (Lipinski definition) is 6. The van der Waals surface area contributed by atoms with Gasteiger partial charge in [0.2, 0.25) is 5.76 Å². The van der Waals surface area contributed by atoms with E-state index in [1.807, 2.05) is 73.7 Å². The fourth-order valence-electron chi connectivity index (χ4n) is 4.04. The predicted octanol–water partition coefficient (Wildman–Crippen LogP) is 5.39. The molecule has 0 aromatic heterocycles. The number of esters is 1. The molecule has 0 bridgehead atoms. The fourth-order valence-corrected chi connectivity index (χ4v) is 4.04. The molecule has 1 aliphatic rings. The summed E-state index contributed by atoms with van der Waals surface area (Å²) in [6.07, 6.45) is -1.06. The number of nitrogens with zero attached hydrogens (tertiary/aromatic N) is 1. The highest BCUT2D eigenvalue weighted by molar-refractivity contribution is 5.88. The lowest BCUT2D eigenvalue weighted by Crippen LogP contribution is -2.27. The van der Waals surface area contributed by atoms with Gasteiger partial charge in [-0.2, -0.15) is 0 Å². The van der Waals surface area contributed by atoms with E-state index in [1.165, 1.54) is 0 Å². The Kier molecular flexibility index (Phi) is 7.22. The maximum Gasteiger partial charge on any atom is 0.374 e. The number of nitro groups is 1. The Morgan fingerprint density at radius 2 is 1.50 bits per heavy atom. The lowest BCUT2D eigenvalue weighted by molar-refractivity contribution is -0.570. The van der Waals surface area contributed by atoms with Gasteiger partial charge in [0.1, 0.15) is 24.9 Å². The number of para-hydroxylation sites is 1. The summed E-state index contributed by atoms with van der Waals surface area (Å²) in [5.74, 6) is -1.07. The van der Waals surface area contributed by atoms with Crippen molar-refractivity contribution in [2.75, 3.05) is 0 Å². The summed E-state index contributed by atoms with van der Waals surface area (Å²) in [4.78, 5) is 24.3. The molecule has 0 spiro atoms. The summed E-state index contributed by atoms with van der Waals surface area (Å²) in [6, 6.07) is 26.0. The second-order valence-electron chi connectivity index (χ2n) is 7.85. The standard InChI is InChI=1S/C27H25NO6/c1-2-21-24(22-15-9-10-16-23(22)32-17-19-11-5-3-6-12-19)26(28(30)31)34-25(21)27(29)33-18-20-13-7-4-8-14-20/h3-16,24,26H,2,17-18H2,1H3/t24-,26+/m1/s1. The Morgan fingerprint density at radius 3 is 2.12 bits per heavy atom. The van der Waals surface area contributed by atoms with Gasteiger partial charge in [-0.15, -0.1) is 0 Å². The molecule has 0 saturated carbocycles. The van der Waals surface area contributed by atoms with Crippen molar-refractivity contribution in [3.8, 4) is 5.75 Å². The van der Waals surface area contributed by atoms with Crippen LogP contribution in [0.4, 0.5) is 0 Å². The van der Waals surface area contributed by atoms with E-state index in [9.17, 15) is 14.9 Å². The van der Waals surface area contributed by atoms with Crippen LogP contribution in [0, 0.1) is 10.1 Å². The van der Waals surface area contributed by atoms with Crippen LogP contribution in [0.15, 0.2) is 96.3 Å². The Bertz CT molecular complexity index is 1180. The van der Waals surface area contributed by atoms with Gasteiger partial charge in [-0.1, -0.05) is 85.8 Å². The first-order valence-corrected chi connectivity index (χ1v) is 11.1. The average molecular weight is 459 g/mol. The SMILES string of the molecule is CCC1=C(C(=O)OCc2ccccc2)O[C@H]([N+](=O)[O-])[C@H]1c1ccccc1OCc1ccccc1. The molecule has 4 rings (SSSR count). The van der Waals surface area contributed by atoms with Gasteiger partial charge in [-0.25, -0.2) is 4.79 Å². The van der Waals surface area contributed by atoms with Crippen molar-refractivity contribution in [2.24, 2.45) is 0 Å². The molecule has 1 aliphatic heterocycles. The van der Waals surface area contributed by atoms with Crippen molar-refractivity contribution in [3.05, 3.63) is 123 Å². The molecule has 0 fully saturated rings. The molecule has 7 heteroatoms. The largest absolute Gasteiger partial charge is 0.489 e. The predicted molar refractivity (Wildman–Crippen MR) is 125 cm³/mol. The summed E-state index contributed by atoms with van der Waals surface area (Å²) < 4.78 is 17.1. The van der Waals surface area contributed by atoms with Crippen molar-refractivity contribution in [2.45, 2.75) is 38.7 Å². The molecule has 7 nitrogen and oxygen atoms in total. The van der Waals surface area contributed by atoms with Gasteiger partial charge in [0.25, 0.3) is 0 Å². The quantitative estimate of drug-likeness (QED) is 0.242. The summed E-state index contributed by atoms with van der Waals surface area (Å²) in [5, 5.41) is 11.9. The molecule has 3 aromatic carbocycles. The minimum atomic E-state index is -1.45. The zero-order chi connectivity index (χ0) is 23.9. The van der Waals surface area contributed by atoms with Gasteiger partial charge in [0, 0.05) is 5.56 Å². The van der Waals surface area contributed by atoms with Crippen LogP contribution in [-0.2, 0) is 27.5 Å². The lowest BCUT2D eigenvalue weighted by Gasteiger charge is -2.18. The fraction of sp³-hybridized carbons (Fsp3) is 0.222. The zero-order valence-electron chi connectivity index (χ0n) is 18.8. The molecule has 0 aliphatic carbocycles. The van der Waals surface area contributed by atoms with Crippen LogP contribution in [0.2, 0.25) is 0 Å². The van der Waals surface area contributed by atoms with E-state index in [0.29, 0.717) is 29.9 Å². The van der Waals surface area contributed by atoms with E-state index in [4.69, 9.17) is 14.2 Å². The van der Waals surface area contributed by atoms with Gasteiger partial charge in [0.15, 0.2) is 0 Å². The second kappa shape index (κ2) is 10.7. The molecule has 3 aromatic rings. The van der Waals surface area contributed by atoms with Gasteiger partial charge < -0.3 is 14.2 Å². The third-order valence-electron chi connectivity index (χ3n) is 5.67. The van der Waals surface area contributed by atoms with E-state index in [1.54, 1.807) is 18.2 Å². The van der Waals surface area contributed by atoms with Gasteiger partial charge in [0.05, 0.1) is 4.92 Å². The van der Waals surface area contributed by atoms with Crippen molar-refractivity contribution < 1.29 is 23.9 Å². The first-order valence-electron chi connectivity index (χ1n) is 11.1. The summed E-state index contributed by atoms with van der Waals surface area (Å²) in [6.45, 7) is 2.20. The third kappa shape index (κ3) is 5.09. The van der Waals surface area contributed by atoms with Gasteiger partial charge in [-0.05, 0) is 29.2 Å². The highest BCUT2D eigenvalue weighted by Gasteiger charge is 2.48. The van der Waals surface area contributed by atoms with Crippen LogP contribution in [0.25, 0.3) is 0 Å². The normalized spacial score (nSPS) is 17.2. The van der Waals surface area contributed by atoms with Crippen LogP contribution in [0.5, 0.6) is 5.75 Å². The number of rotatable bonds is 9. The smallest absolute Gasteiger partial charge is 0.374 e. The van der Waals surface area contributed by atoms with Crippen LogP contribution in [0.1, 0.15) is 36.0 Å². The topological polar surface area (TPSA) is 87.9 Å². The summed E-state index contributed by atoms with van der Waals surface area (Å²) >= 11 is 0. The molecule has 1 heterocycles. The van der Waals surface area contributed by atoms with E-state index in [2.05, 4.69) is 0 Å². The minimum absolute atomic E-state index is 0.0497. The Balaban J connectivity index is 1.62. The lowest BCUT2D eigenvalue weighted by atomic mass is 9.88. The molecule has 2 atom stereocenters. The summed E-state index contributed by atoms with van der Waals surface area (Å²) in [7, 11) is 0. The van der Waals surface area contributed by atoms with Crippen LogP contribution >= 0.6 is 0 Å².